The Bertz CT molecular complexity index is 235. The molecule has 0 aromatic carbocycles. The highest BCUT2D eigenvalue weighted by molar-refractivity contribution is 4.76. The molecule has 4 nitrogen and oxygen atoms in total. The molecule has 86 valence electrons. The van der Waals surface area contributed by atoms with Gasteiger partial charge in [-0.15, -0.1) is 0 Å². The van der Waals surface area contributed by atoms with Crippen LogP contribution in [0.1, 0.15) is 38.9 Å². The summed E-state index contributed by atoms with van der Waals surface area (Å²) in [7, 11) is 0. The van der Waals surface area contributed by atoms with Crippen molar-refractivity contribution in [3.8, 4) is 0 Å². The minimum absolute atomic E-state index is 0.629. The van der Waals surface area contributed by atoms with Crippen LogP contribution < -0.4 is 0 Å². The van der Waals surface area contributed by atoms with E-state index in [-0.39, 0.29) is 0 Å². The van der Waals surface area contributed by atoms with Crippen molar-refractivity contribution in [1.82, 2.24) is 10.1 Å². The van der Waals surface area contributed by atoms with Crippen molar-refractivity contribution in [2.75, 3.05) is 13.2 Å². The van der Waals surface area contributed by atoms with Crippen LogP contribution in [-0.4, -0.2) is 23.4 Å². The molecule has 1 heterocycles. The zero-order valence-corrected chi connectivity index (χ0v) is 9.61. The van der Waals surface area contributed by atoms with E-state index in [0.717, 1.165) is 44.7 Å². The Hall–Kier alpha value is -0.900. The first kappa shape index (κ1) is 12.2. The molecule has 0 spiro atoms. The zero-order valence-electron chi connectivity index (χ0n) is 9.61. The van der Waals surface area contributed by atoms with E-state index in [0.29, 0.717) is 5.92 Å². The Balaban J connectivity index is 1.85. The maximum Gasteiger partial charge on any atom is 0.213 e. The van der Waals surface area contributed by atoms with Gasteiger partial charge in [0, 0.05) is 19.6 Å². The smallest absolute Gasteiger partial charge is 0.213 e. The largest absolute Gasteiger partial charge is 0.381 e. The van der Waals surface area contributed by atoms with Gasteiger partial charge in [-0.05, 0) is 18.8 Å². The maximum atomic E-state index is 5.48. The van der Waals surface area contributed by atoms with Gasteiger partial charge in [0.05, 0.1) is 0 Å². The Morgan fingerprint density at radius 2 is 2.20 bits per heavy atom. The quantitative estimate of drug-likeness (QED) is 0.621. The lowest BCUT2D eigenvalue weighted by molar-refractivity contribution is 0.106. The second-order valence-electron chi connectivity index (χ2n) is 4.13. The molecule has 0 N–H and O–H groups in total. The molecule has 0 unspecified atom stereocenters. The highest BCUT2D eigenvalue weighted by Gasteiger charge is 1.98. The number of aromatic nitrogens is 2. The summed E-state index contributed by atoms with van der Waals surface area (Å²) in [4.78, 5) is 3.96. The molecule has 0 radical (unpaired) electrons. The van der Waals surface area contributed by atoms with Crippen LogP contribution in [-0.2, 0) is 11.2 Å². The molecular formula is C11H20N2O2. The molecule has 0 aliphatic heterocycles. The van der Waals surface area contributed by atoms with Gasteiger partial charge in [0.1, 0.15) is 0 Å². The predicted molar refractivity (Wildman–Crippen MR) is 57.5 cm³/mol. The van der Waals surface area contributed by atoms with Gasteiger partial charge >= 0.3 is 0 Å². The SMILES string of the molecule is CC(C)COCCCCCc1ncon1. The van der Waals surface area contributed by atoms with Gasteiger partial charge in [-0.3, -0.25) is 0 Å². The number of hydrogen-bond donors (Lipinski definition) is 0. The van der Waals surface area contributed by atoms with Crippen molar-refractivity contribution in [2.24, 2.45) is 5.92 Å². The Morgan fingerprint density at radius 1 is 1.33 bits per heavy atom. The zero-order chi connectivity index (χ0) is 10.9. The van der Waals surface area contributed by atoms with Gasteiger partial charge in [-0.1, -0.05) is 25.4 Å². The lowest BCUT2D eigenvalue weighted by Crippen LogP contribution is -2.03. The lowest BCUT2D eigenvalue weighted by atomic mass is 10.2. The van der Waals surface area contributed by atoms with Gasteiger partial charge < -0.3 is 9.26 Å². The van der Waals surface area contributed by atoms with Crippen LogP contribution in [0.5, 0.6) is 0 Å². The molecule has 1 aromatic heterocycles. The van der Waals surface area contributed by atoms with Crippen LogP contribution >= 0.6 is 0 Å². The van der Waals surface area contributed by atoms with E-state index < -0.39 is 0 Å². The fourth-order valence-electron chi connectivity index (χ4n) is 1.29. The third kappa shape index (κ3) is 6.23. The first-order chi connectivity index (χ1) is 7.29. The van der Waals surface area contributed by atoms with Crippen LogP contribution in [0.15, 0.2) is 10.9 Å². The Kier molecular flexibility index (Phi) is 6.00. The van der Waals surface area contributed by atoms with E-state index in [2.05, 4.69) is 28.5 Å². The minimum atomic E-state index is 0.629. The van der Waals surface area contributed by atoms with E-state index in [1.165, 1.54) is 6.39 Å². The van der Waals surface area contributed by atoms with E-state index in [1.54, 1.807) is 0 Å². The van der Waals surface area contributed by atoms with E-state index in [9.17, 15) is 0 Å². The van der Waals surface area contributed by atoms with E-state index in [1.807, 2.05) is 0 Å². The first-order valence-corrected chi connectivity index (χ1v) is 5.62. The summed E-state index contributed by atoms with van der Waals surface area (Å²) in [5.74, 6) is 1.43. The van der Waals surface area contributed by atoms with Crippen molar-refractivity contribution >= 4 is 0 Å². The number of nitrogens with zero attached hydrogens (tertiary/aromatic N) is 2. The second-order valence-corrected chi connectivity index (χ2v) is 4.13. The summed E-state index contributed by atoms with van der Waals surface area (Å²) < 4.78 is 10.1. The summed E-state index contributed by atoms with van der Waals surface area (Å²) in [6.45, 7) is 6.06. The van der Waals surface area contributed by atoms with Crippen molar-refractivity contribution < 1.29 is 9.26 Å². The Morgan fingerprint density at radius 3 is 2.87 bits per heavy atom. The molecule has 15 heavy (non-hydrogen) atoms. The molecule has 0 aliphatic rings. The fraction of sp³-hybridized carbons (Fsp3) is 0.818. The topological polar surface area (TPSA) is 48.2 Å². The van der Waals surface area contributed by atoms with Gasteiger partial charge in [-0.25, -0.2) is 0 Å². The van der Waals surface area contributed by atoms with Crippen LogP contribution in [0.3, 0.4) is 0 Å². The highest BCUT2D eigenvalue weighted by atomic mass is 16.5. The third-order valence-electron chi connectivity index (χ3n) is 2.05. The molecule has 4 heteroatoms. The highest BCUT2D eigenvalue weighted by Crippen LogP contribution is 2.02. The molecule has 0 saturated carbocycles. The molecule has 0 atom stereocenters. The normalized spacial score (nSPS) is 11.1. The molecule has 0 amide bonds. The summed E-state index contributed by atoms with van der Waals surface area (Å²) in [6, 6.07) is 0. The first-order valence-electron chi connectivity index (χ1n) is 5.62. The summed E-state index contributed by atoms with van der Waals surface area (Å²) in [5, 5.41) is 3.76. The predicted octanol–water partition coefficient (Wildman–Crippen LogP) is 2.46. The van der Waals surface area contributed by atoms with Crippen LogP contribution in [0, 0.1) is 5.92 Å². The van der Waals surface area contributed by atoms with Crippen LogP contribution in [0.2, 0.25) is 0 Å². The van der Waals surface area contributed by atoms with Gasteiger partial charge in [0.2, 0.25) is 6.39 Å². The van der Waals surface area contributed by atoms with Gasteiger partial charge in [0.15, 0.2) is 5.82 Å². The number of unbranched alkanes of at least 4 members (excludes halogenated alkanes) is 2. The minimum Gasteiger partial charge on any atom is -0.381 e. The summed E-state index contributed by atoms with van der Waals surface area (Å²) >= 11 is 0. The summed E-state index contributed by atoms with van der Waals surface area (Å²) in [5.41, 5.74) is 0. The average molecular weight is 212 g/mol. The molecule has 1 rings (SSSR count). The van der Waals surface area contributed by atoms with Crippen molar-refractivity contribution in [3.63, 3.8) is 0 Å². The standard InChI is InChI=1S/C11H20N2O2/c1-10(2)8-14-7-5-3-4-6-11-12-9-15-13-11/h9-10H,3-8H2,1-2H3. The van der Waals surface area contributed by atoms with Gasteiger partial charge in [0.25, 0.3) is 0 Å². The molecule has 1 aromatic rings. The van der Waals surface area contributed by atoms with E-state index >= 15 is 0 Å². The van der Waals surface area contributed by atoms with Crippen LogP contribution in [0.25, 0.3) is 0 Å². The molecule has 0 bridgehead atoms. The second kappa shape index (κ2) is 7.40. The van der Waals surface area contributed by atoms with Crippen molar-refractivity contribution in [2.45, 2.75) is 39.5 Å². The fourth-order valence-corrected chi connectivity index (χ4v) is 1.29. The van der Waals surface area contributed by atoms with Crippen molar-refractivity contribution in [1.29, 1.82) is 0 Å². The Labute approximate surface area is 91.0 Å². The molecule has 0 saturated heterocycles. The third-order valence-corrected chi connectivity index (χ3v) is 2.05. The summed E-state index contributed by atoms with van der Waals surface area (Å²) in [6.07, 6.45) is 5.66. The number of ether oxygens (including phenoxy) is 1. The monoisotopic (exact) mass is 212 g/mol. The number of rotatable bonds is 8. The van der Waals surface area contributed by atoms with Crippen molar-refractivity contribution in [3.05, 3.63) is 12.2 Å². The maximum absolute atomic E-state index is 5.48. The molecule has 0 fully saturated rings. The number of aryl methyl sites for hydroxylation is 1. The van der Waals surface area contributed by atoms with Gasteiger partial charge in [-0.2, -0.15) is 4.98 Å². The molecular weight excluding hydrogens is 192 g/mol. The molecule has 0 aliphatic carbocycles. The average Bonchev–Trinajstić information content (AvgIpc) is 2.68. The van der Waals surface area contributed by atoms with E-state index in [4.69, 9.17) is 4.74 Å². The van der Waals surface area contributed by atoms with Crippen LogP contribution in [0.4, 0.5) is 0 Å². The number of hydrogen-bond acceptors (Lipinski definition) is 4. The lowest BCUT2D eigenvalue weighted by Gasteiger charge is -2.05.